The molecule has 3 rings (SSSR count). The van der Waals surface area contributed by atoms with Gasteiger partial charge < -0.3 is 0 Å². The van der Waals surface area contributed by atoms with E-state index in [-0.39, 0.29) is 5.92 Å². The van der Waals surface area contributed by atoms with Crippen LogP contribution in [0.5, 0.6) is 0 Å². The second-order valence-electron chi connectivity index (χ2n) is 7.00. The Morgan fingerprint density at radius 2 is 1.73 bits per heavy atom. The van der Waals surface area contributed by atoms with Crippen LogP contribution < -0.4 is 0 Å². The third-order valence-electron chi connectivity index (χ3n) is 5.22. The van der Waals surface area contributed by atoms with Crippen molar-refractivity contribution in [1.82, 2.24) is 0 Å². The maximum Gasteiger partial charge on any atom is 0.166 e. The second-order valence-corrected chi connectivity index (χ2v) is 8.60. The van der Waals surface area contributed by atoms with Gasteiger partial charge in [-0.15, -0.1) is 0 Å². The van der Waals surface area contributed by atoms with Crippen molar-refractivity contribution in [3.05, 3.63) is 35.4 Å². The number of aryl methyl sites for hydroxylation is 1. The molecule has 0 radical (unpaired) electrons. The number of unbranched alkanes of at least 4 members (excludes halogenated alkanes) is 3. The zero-order chi connectivity index (χ0) is 15.4. The molecule has 2 aliphatic rings. The lowest BCUT2D eigenvalue weighted by atomic mass is 9.90. The summed E-state index contributed by atoms with van der Waals surface area (Å²) in [5.74, 6) is 0.684. The summed E-state index contributed by atoms with van der Waals surface area (Å²) in [6, 6.07) is 8.49. The van der Waals surface area contributed by atoms with Crippen molar-refractivity contribution in [3.8, 4) is 0 Å². The Labute approximate surface area is 139 Å². The molecule has 2 fully saturated rings. The summed E-state index contributed by atoms with van der Waals surface area (Å²) in [5, 5.41) is 1.51. The molecule has 120 valence electrons. The molecule has 1 aromatic rings. The summed E-state index contributed by atoms with van der Waals surface area (Å²) in [4.78, 5) is 12.7. The smallest absolute Gasteiger partial charge is 0.166 e. The van der Waals surface area contributed by atoms with Gasteiger partial charge in [0.25, 0.3) is 0 Å². The summed E-state index contributed by atoms with van der Waals surface area (Å²) in [5.41, 5.74) is 2.32. The molecule has 0 N–H and O–H groups in total. The molecule has 2 heteroatoms. The van der Waals surface area contributed by atoms with Gasteiger partial charge in [0.15, 0.2) is 5.78 Å². The number of hydrogen-bond acceptors (Lipinski definition) is 2. The molecule has 2 heterocycles. The van der Waals surface area contributed by atoms with Crippen LogP contribution in [0.4, 0.5) is 0 Å². The van der Waals surface area contributed by atoms with Crippen LogP contribution in [0.25, 0.3) is 0 Å². The Bertz CT molecular complexity index is 481. The van der Waals surface area contributed by atoms with Crippen LogP contribution in [0.2, 0.25) is 0 Å². The summed E-state index contributed by atoms with van der Waals surface area (Å²) < 4.78 is 0. The fourth-order valence-corrected chi connectivity index (χ4v) is 5.67. The lowest BCUT2D eigenvalue weighted by Gasteiger charge is -2.26. The molecule has 2 saturated heterocycles. The highest BCUT2D eigenvalue weighted by molar-refractivity contribution is 8.00. The van der Waals surface area contributed by atoms with Gasteiger partial charge >= 0.3 is 0 Å². The van der Waals surface area contributed by atoms with Gasteiger partial charge in [-0.3, -0.25) is 4.79 Å². The number of thioether (sulfide) groups is 1. The van der Waals surface area contributed by atoms with Crippen LogP contribution in [0.15, 0.2) is 24.3 Å². The maximum absolute atomic E-state index is 12.7. The van der Waals surface area contributed by atoms with Crippen molar-refractivity contribution in [3.63, 3.8) is 0 Å². The average Bonchev–Trinajstić information content (AvgIpc) is 2.89. The van der Waals surface area contributed by atoms with Crippen LogP contribution in [-0.2, 0) is 6.42 Å². The first-order chi connectivity index (χ1) is 10.8. The largest absolute Gasteiger partial charge is 0.294 e. The standard InChI is InChI=1S/C20H28OS/c1-2-3-4-5-6-15-7-9-16(10-8-15)20(21)17-13-18-11-12-19(14-17)22-18/h7-10,17-19H,2-6,11-14H2,1H3. The Kier molecular flexibility index (Phi) is 5.62. The molecule has 2 unspecified atom stereocenters. The van der Waals surface area contributed by atoms with E-state index in [1.807, 2.05) is 0 Å². The third-order valence-corrected chi connectivity index (χ3v) is 6.84. The lowest BCUT2D eigenvalue weighted by Crippen LogP contribution is -2.24. The minimum Gasteiger partial charge on any atom is -0.294 e. The van der Waals surface area contributed by atoms with E-state index in [2.05, 4.69) is 43.0 Å². The molecule has 0 amide bonds. The number of hydrogen-bond donors (Lipinski definition) is 0. The van der Waals surface area contributed by atoms with Crippen LogP contribution in [0.3, 0.4) is 0 Å². The van der Waals surface area contributed by atoms with Crippen LogP contribution >= 0.6 is 11.8 Å². The van der Waals surface area contributed by atoms with E-state index in [1.165, 1.54) is 44.1 Å². The molecule has 1 nitrogen and oxygen atoms in total. The van der Waals surface area contributed by atoms with Crippen molar-refractivity contribution < 1.29 is 4.79 Å². The van der Waals surface area contributed by atoms with Gasteiger partial charge in [0.05, 0.1) is 0 Å². The third kappa shape index (κ3) is 3.95. The van der Waals surface area contributed by atoms with Gasteiger partial charge in [-0.25, -0.2) is 0 Å². The first-order valence-corrected chi connectivity index (χ1v) is 9.99. The highest BCUT2D eigenvalue weighted by Gasteiger charge is 2.37. The Hall–Kier alpha value is -0.760. The lowest BCUT2D eigenvalue weighted by molar-refractivity contribution is 0.0907. The number of benzene rings is 1. The van der Waals surface area contributed by atoms with Gasteiger partial charge in [-0.1, -0.05) is 50.5 Å². The van der Waals surface area contributed by atoms with E-state index in [9.17, 15) is 4.79 Å². The Balaban J connectivity index is 1.54. The molecule has 2 atom stereocenters. The first kappa shape index (κ1) is 16.1. The summed E-state index contributed by atoms with van der Waals surface area (Å²) in [7, 11) is 0. The van der Waals surface area contributed by atoms with Gasteiger partial charge in [-0.05, 0) is 44.1 Å². The monoisotopic (exact) mass is 316 g/mol. The van der Waals surface area contributed by atoms with Crippen molar-refractivity contribution >= 4 is 17.5 Å². The zero-order valence-corrected chi connectivity index (χ0v) is 14.5. The number of carbonyl (C=O) groups is 1. The van der Waals surface area contributed by atoms with Crippen molar-refractivity contribution in [2.75, 3.05) is 0 Å². The summed E-state index contributed by atoms with van der Waals surface area (Å²) in [6.07, 6.45) is 11.2. The summed E-state index contributed by atoms with van der Waals surface area (Å²) >= 11 is 2.13. The SMILES string of the molecule is CCCCCCc1ccc(C(=O)C2CC3CCC(C2)S3)cc1. The number of fused-ring (bicyclic) bond motifs is 2. The van der Waals surface area contributed by atoms with Gasteiger partial charge in [0.1, 0.15) is 0 Å². The molecule has 0 saturated carbocycles. The minimum absolute atomic E-state index is 0.286. The van der Waals surface area contributed by atoms with Gasteiger partial charge in [0.2, 0.25) is 0 Å². The first-order valence-electron chi connectivity index (χ1n) is 9.05. The highest BCUT2D eigenvalue weighted by Crippen LogP contribution is 2.46. The quantitative estimate of drug-likeness (QED) is 0.476. The molecule has 0 aromatic heterocycles. The van der Waals surface area contributed by atoms with Gasteiger partial charge in [-0.2, -0.15) is 11.8 Å². The van der Waals surface area contributed by atoms with Crippen LogP contribution in [-0.4, -0.2) is 16.3 Å². The highest BCUT2D eigenvalue weighted by atomic mass is 32.2. The van der Waals surface area contributed by atoms with E-state index in [4.69, 9.17) is 0 Å². The maximum atomic E-state index is 12.7. The van der Waals surface area contributed by atoms with Crippen LogP contribution in [0, 0.1) is 5.92 Å². The van der Waals surface area contributed by atoms with Gasteiger partial charge in [0, 0.05) is 22.0 Å². The number of Topliss-reactive ketones (excluding diaryl/α,β-unsaturated/α-hetero) is 1. The molecule has 2 bridgehead atoms. The number of carbonyl (C=O) groups excluding carboxylic acids is 1. The van der Waals surface area contributed by atoms with E-state index in [1.54, 1.807) is 0 Å². The second kappa shape index (κ2) is 7.68. The van der Waals surface area contributed by atoms with Crippen molar-refractivity contribution in [2.45, 2.75) is 75.2 Å². The predicted molar refractivity (Wildman–Crippen MR) is 95.7 cm³/mol. The minimum atomic E-state index is 0.286. The molecule has 1 aromatic carbocycles. The Morgan fingerprint density at radius 1 is 1.05 bits per heavy atom. The van der Waals surface area contributed by atoms with Crippen molar-refractivity contribution in [1.29, 1.82) is 0 Å². The average molecular weight is 317 g/mol. The molecule has 0 spiro atoms. The molecular formula is C20H28OS. The predicted octanol–water partition coefficient (Wildman–Crippen LogP) is 5.67. The fraction of sp³-hybridized carbons (Fsp3) is 0.650. The van der Waals surface area contributed by atoms with E-state index in [0.29, 0.717) is 5.78 Å². The number of ketones is 1. The summed E-state index contributed by atoms with van der Waals surface area (Å²) in [6.45, 7) is 2.25. The Morgan fingerprint density at radius 3 is 2.36 bits per heavy atom. The topological polar surface area (TPSA) is 17.1 Å². The fourth-order valence-electron chi connectivity index (χ4n) is 3.90. The van der Waals surface area contributed by atoms with Crippen LogP contribution in [0.1, 0.15) is 74.2 Å². The zero-order valence-electron chi connectivity index (χ0n) is 13.7. The molecule has 22 heavy (non-hydrogen) atoms. The van der Waals surface area contributed by atoms with E-state index in [0.717, 1.165) is 35.3 Å². The molecule has 0 aliphatic carbocycles. The molecular weight excluding hydrogens is 288 g/mol. The molecule has 2 aliphatic heterocycles. The normalized spacial score (nSPS) is 27.0. The van der Waals surface area contributed by atoms with E-state index < -0.39 is 0 Å². The van der Waals surface area contributed by atoms with E-state index >= 15 is 0 Å². The number of rotatable bonds is 7. The van der Waals surface area contributed by atoms with Crippen molar-refractivity contribution in [2.24, 2.45) is 5.92 Å².